The summed E-state index contributed by atoms with van der Waals surface area (Å²) in [5.41, 5.74) is -1.48. The summed E-state index contributed by atoms with van der Waals surface area (Å²) >= 11 is 0. The van der Waals surface area contributed by atoms with Crippen LogP contribution in [0.2, 0.25) is 0 Å². The van der Waals surface area contributed by atoms with E-state index in [0.717, 1.165) is 12.1 Å². The zero-order valence-electron chi connectivity index (χ0n) is 12.0. The van der Waals surface area contributed by atoms with Gasteiger partial charge in [0.15, 0.2) is 0 Å². The maximum absolute atomic E-state index is 13.1. The number of ether oxygens (including phenoxy) is 1. The molecule has 0 spiro atoms. The molecule has 1 saturated heterocycles. The van der Waals surface area contributed by atoms with Gasteiger partial charge in [0.25, 0.3) is 0 Å². The number of hydrogen-bond acceptors (Lipinski definition) is 5. The van der Waals surface area contributed by atoms with Crippen LogP contribution in [0.1, 0.15) is 24.4 Å². The van der Waals surface area contributed by atoms with E-state index in [4.69, 9.17) is 9.26 Å². The SMILES string of the molecule is C[C@H]1OCCN[C@@H]1c1nc(-c2ccc(F)cc2C(F)(F)F)no1. The molecule has 23 heavy (non-hydrogen) atoms. The number of aromatic nitrogens is 2. The van der Waals surface area contributed by atoms with E-state index in [-0.39, 0.29) is 23.4 Å². The molecule has 124 valence electrons. The van der Waals surface area contributed by atoms with Crippen LogP contribution < -0.4 is 5.32 Å². The van der Waals surface area contributed by atoms with E-state index in [9.17, 15) is 17.6 Å². The van der Waals surface area contributed by atoms with Crippen LogP contribution in [0.25, 0.3) is 11.4 Å². The zero-order chi connectivity index (χ0) is 16.6. The van der Waals surface area contributed by atoms with Gasteiger partial charge >= 0.3 is 6.18 Å². The molecule has 0 amide bonds. The summed E-state index contributed by atoms with van der Waals surface area (Å²) in [4.78, 5) is 4.02. The molecular formula is C14H13F4N3O2. The third-order valence-corrected chi connectivity index (χ3v) is 3.55. The minimum Gasteiger partial charge on any atom is -0.375 e. The predicted molar refractivity (Wildman–Crippen MR) is 70.9 cm³/mol. The second-order valence-electron chi connectivity index (χ2n) is 5.15. The number of benzene rings is 1. The van der Waals surface area contributed by atoms with Crippen LogP contribution in [0.5, 0.6) is 0 Å². The Morgan fingerprint density at radius 3 is 2.78 bits per heavy atom. The normalized spacial score (nSPS) is 22.3. The van der Waals surface area contributed by atoms with Gasteiger partial charge in [-0.15, -0.1) is 0 Å². The molecule has 0 unspecified atom stereocenters. The van der Waals surface area contributed by atoms with Gasteiger partial charge in [0.1, 0.15) is 11.9 Å². The summed E-state index contributed by atoms with van der Waals surface area (Å²) in [5.74, 6) is -1.10. The van der Waals surface area contributed by atoms with Gasteiger partial charge in [0, 0.05) is 12.1 Å². The van der Waals surface area contributed by atoms with Gasteiger partial charge < -0.3 is 14.6 Å². The van der Waals surface area contributed by atoms with E-state index < -0.39 is 23.6 Å². The smallest absolute Gasteiger partial charge is 0.375 e. The summed E-state index contributed by atoms with van der Waals surface area (Å²) in [6.07, 6.45) is -4.98. The number of halogens is 4. The molecule has 0 saturated carbocycles. The third kappa shape index (κ3) is 3.20. The molecule has 9 heteroatoms. The molecule has 2 heterocycles. The van der Waals surface area contributed by atoms with Crippen molar-refractivity contribution in [3.05, 3.63) is 35.5 Å². The summed E-state index contributed by atoms with van der Waals surface area (Å²) in [5, 5.41) is 6.70. The molecule has 1 aliphatic heterocycles. The lowest BCUT2D eigenvalue weighted by atomic mass is 10.1. The molecule has 5 nitrogen and oxygen atoms in total. The van der Waals surface area contributed by atoms with Crippen molar-refractivity contribution in [1.82, 2.24) is 15.5 Å². The van der Waals surface area contributed by atoms with Crippen LogP contribution >= 0.6 is 0 Å². The molecule has 2 atom stereocenters. The topological polar surface area (TPSA) is 60.2 Å². The van der Waals surface area contributed by atoms with E-state index in [2.05, 4.69) is 15.5 Å². The second-order valence-corrected chi connectivity index (χ2v) is 5.15. The van der Waals surface area contributed by atoms with Crippen LogP contribution in [-0.4, -0.2) is 29.4 Å². The van der Waals surface area contributed by atoms with E-state index >= 15 is 0 Å². The second kappa shape index (κ2) is 5.89. The Labute approximate surface area is 128 Å². The van der Waals surface area contributed by atoms with Crippen LogP contribution in [0.3, 0.4) is 0 Å². The molecule has 1 aliphatic rings. The maximum Gasteiger partial charge on any atom is 0.417 e. The molecule has 0 radical (unpaired) electrons. The quantitative estimate of drug-likeness (QED) is 0.858. The molecule has 1 fully saturated rings. The molecule has 0 aliphatic carbocycles. The molecule has 1 aromatic heterocycles. The first kappa shape index (κ1) is 15.9. The molecule has 1 aromatic carbocycles. The number of morpholine rings is 1. The van der Waals surface area contributed by atoms with Gasteiger partial charge in [-0.25, -0.2) is 4.39 Å². The highest BCUT2D eigenvalue weighted by molar-refractivity contribution is 5.60. The number of alkyl halides is 3. The Hall–Kier alpha value is -2.00. The lowest BCUT2D eigenvalue weighted by Crippen LogP contribution is -2.40. The highest BCUT2D eigenvalue weighted by Crippen LogP contribution is 2.37. The minimum absolute atomic E-state index is 0.129. The standard InChI is InChI=1S/C14H13F4N3O2/c1-7-11(19-4-5-22-7)13-20-12(21-23-13)9-3-2-8(15)6-10(9)14(16,17)18/h2-3,6-7,11,19H,4-5H2,1H3/t7-,11+/m1/s1. The molecule has 1 N–H and O–H groups in total. The van der Waals surface area contributed by atoms with Gasteiger partial charge in [0.05, 0.1) is 18.3 Å². The van der Waals surface area contributed by atoms with Crippen LogP contribution in [0.15, 0.2) is 22.7 Å². The van der Waals surface area contributed by atoms with E-state index in [1.54, 1.807) is 6.92 Å². The van der Waals surface area contributed by atoms with Crippen molar-refractivity contribution in [2.45, 2.75) is 25.2 Å². The lowest BCUT2D eigenvalue weighted by molar-refractivity contribution is -0.137. The van der Waals surface area contributed by atoms with Crippen molar-refractivity contribution < 1.29 is 26.8 Å². The first-order valence-electron chi connectivity index (χ1n) is 6.92. The fourth-order valence-corrected chi connectivity index (χ4v) is 2.43. The number of rotatable bonds is 2. The fraction of sp³-hybridized carbons (Fsp3) is 0.429. The molecule has 3 rings (SSSR count). The van der Waals surface area contributed by atoms with Crippen LogP contribution in [0.4, 0.5) is 17.6 Å². The van der Waals surface area contributed by atoms with Crippen molar-refractivity contribution in [2.24, 2.45) is 0 Å². The third-order valence-electron chi connectivity index (χ3n) is 3.55. The average molecular weight is 331 g/mol. The molecule has 2 aromatic rings. The predicted octanol–water partition coefficient (Wildman–Crippen LogP) is 2.94. The van der Waals surface area contributed by atoms with Crippen molar-refractivity contribution >= 4 is 0 Å². The van der Waals surface area contributed by atoms with Crippen LogP contribution in [-0.2, 0) is 10.9 Å². The van der Waals surface area contributed by atoms with Gasteiger partial charge in [-0.1, -0.05) is 5.16 Å². The minimum atomic E-state index is -4.72. The number of nitrogens with one attached hydrogen (secondary N) is 1. The summed E-state index contributed by atoms with van der Waals surface area (Å²) < 4.78 is 62.8. The molecular weight excluding hydrogens is 318 g/mol. The number of nitrogens with zero attached hydrogens (tertiary/aromatic N) is 2. The lowest BCUT2D eigenvalue weighted by Gasteiger charge is -2.27. The van der Waals surface area contributed by atoms with Crippen molar-refractivity contribution in [3.63, 3.8) is 0 Å². The molecule has 0 bridgehead atoms. The Morgan fingerprint density at radius 1 is 1.30 bits per heavy atom. The fourth-order valence-electron chi connectivity index (χ4n) is 2.43. The van der Waals surface area contributed by atoms with E-state index in [1.165, 1.54) is 0 Å². The Bertz CT molecular complexity index is 702. The van der Waals surface area contributed by atoms with Crippen molar-refractivity contribution in [1.29, 1.82) is 0 Å². The van der Waals surface area contributed by atoms with Gasteiger partial charge in [-0.05, 0) is 25.1 Å². The van der Waals surface area contributed by atoms with Crippen LogP contribution in [0, 0.1) is 5.82 Å². The largest absolute Gasteiger partial charge is 0.417 e. The zero-order valence-corrected chi connectivity index (χ0v) is 12.0. The number of hydrogen-bond donors (Lipinski definition) is 1. The Balaban J connectivity index is 1.98. The van der Waals surface area contributed by atoms with Crippen molar-refractivity contribution in [3.8, 4) is 11.4 Å². The Morgan fingerprint density at radius 2 is 2.09 bits per heavy atom. The average Bonchev–Trinajstić information content (AvgIpc) is 2.96. The van der Waals surface area contributed by atoms with E-state index in [1.807, 2.05) is 0 Å². The Kier molecular flexibility index (Phi) is 4.07. The summed E-state index contributed by atoms with van der Waals surface area (Å²) in [6.45, 7) is 2.88. The highest BCUT2D eigenvalue weighted by Gasteiger charge is 2.36. The van der Waals surface area contributed by atoms with Gasteiger partial charge in [0.2, 0.25) is 11.7 Å². The summed E-state index contributed by atoms with van der Waals surface area (Å²) in [7, 11) is 0. The first-order valence-corrected chi connectivity index (χ1v) is 6.92. The monoisotopic (exact) mass is 331 g/mol. The maximum atomic E-state index is 13.1. The summed E-state index contributed by atoms with van der Waals surface area (Å²) in [6, 6.07) is 1.92. The van der Waals surface area contributed by atoms with Crippen molar-refractivity contribution in [2.75, 3.05) is 13.2 Å². The van der Waals surface area contributed by atoms with Gasteiger partial charge in [-0.2, -0.15) is 18.2 Å². The first-order chi connectivity index (χ1) is 10.9. The van der Waals surface area contributed by atoms with E-state index in [0.29, 0.717) is 19.2 Å². The highest BCUT2D eigenvalue weighted by atomic mass is 19.4. The van der Waals surface area contributed by atoms with Gasteiger partial charge in [-0.3, -0.25) is 0 Å².